The Kier molecular flexibility index (Phi) is 668. The standard InChI is InChI=1S/Ag.10Mg.20H/q;10*+2;20*-1. The van der Waals surface area contributed by atoms with E-state index in [0.717, 1.165) is 0 Å². The van der Waals surface area contributed by atoms with E-state index in [1.54, 1.807) is 0 Å². The van der Waals surface area contributed by atoms with Gasteiger partial charge >= 0.3 is 231 Å². The molecule has 0 aromatic heterocycles. The molecular formula is H20AgMg10. The maximum Gasteiger partial charge on any atom is 2.00 e. The van der Waals surface area contributed by atoms with Crippen molar-refractivity contribution in [3.63, 3.8) is 0 Å². The molecule has 1 radical (unpaired) electrons. The normalized spacial score (nSPS) is 0. The van der Waals surface area contributed by atoms with Crippen molar-refractivity contribution in [3.05, 3.63) is 0 Å². The molecule has 0 spiro atoms. The number of rotatable bonds is 0. The summed E-state index contributed by atoms with van der Waals surface area (Å²) in [6.45, 7) is 0. The second kappa shape index (κ2) is 78.9. The maximum atomic E-state index is 0. The van der Waals surface area contributed by atoms with E-state index in [4.69, 9.17) is 0 Å². The number of hydrogen-bond donors (Lipinski definition) is 0. The Bertz CT molecular complexity index is 33.9. The van der Waals surface area contributed by atoms with Gasteiger partial charge in [-0.3, -0.25) is 0 Å². The molecule has 0 aliphatic rings. The maximum absolute atomic E-state index is 0. The van der Waals surface area contributed by atoms with Crippen LogP contribution in [0.4, 0.5) is 0 Å². The molecular weight excluding hydrogens is 351 g/mol. The Morgan fingerprint density at radius 2 is 0.273 bits per heavy atom. The van der Waals surface area contributed by atoms with Gasteiger partial charge in [0.2, 0.25) is 0 Å². The molecule has 0 nitrogen and oxygen atoms in total. The van der Waals surface area contributed by atoms with Gasteiger partial charge in [0.05, 0.1) is 0 Å². The zero-order chi connectivity index (χ0) is 0. The molecule has 0 heterocycles. The summed E-state index contributed by atoms with van der Waals surface area (Å²) in [6.07, 6.45) is 0. The molecule has 0 N–H and O–H groups in total. The summed E-state index contributed by atoms with van der Waals surface area (Å²) in [5, 5.41) is 0. The zero-order valence-corrected chi connectivity index (χ0v) is 23.0. The van der Waals surface area contributed by atoms with Crippen molar-refractivity contribution in [2.45, 2.75) is 0 Å². The van der Waals surface area contributed by atoms with Gasteiger partial charge in [0.15, 0.2) is 0 Å². The monoisotopic (exact) mass is 367 g/mol. The third-order valence-electron chi connectivity index (χ3n) is 0. The molecule has 0 unspecified atom stereocenters. The fourth-order valence-corrected chi connectivity index (χ4v) is 0. The van der Waals surface area contributed by atoms with Crippen LogP contribution in [0.15, 0.2) is 0 Å². The zero-order valence-electron chi connectivity index (χ0n) is 27.4. The fourth-order valence-electron chi connectivity index (χ4n) is 0. The van der Waals surface area contributed by atoms with Gasteiger partial charge in [-0.25, -0.2) is 0 Å². The second-order valence-electron chi connectivity index (χ2n) is 0. The number of hydrogen-bond acceptors (Lipinski definition) is 0. The van der Waals surface area contributed by atoms with Gasteiger partial charge in [0.25, 0.3) is 0 Å². The first-order chi connectivity index (χ1) is 0. The van der Waals surface area contributed by atoms with Gasteiger partial charge in [0.1, 0.15) is 0 Å². The fraction of sp³-hybridized carbons (Fsp3) is 0. The minimum atomic E-state index is 0. The molecule has 0 saturated carbocycles. The van der Waals surface area contributed by atoms with E-state index in [-0.39, 0.29) is 281 Å². The van der Waals surface area contributed by atoms with E-state index < -0.39 is 0 Å². The molecule has 0 amide bonds. The Hall–Kier alpha value is 8.40. The SMILES string of the molecule is [Ag].[H-].[H-].[H-].[H-].[H-].[H-].[H-].[H-].[H-].[H-].[H-].[H-].[H-].[H-].[H-].[H-].[H-].[H-].[H-].[H-].[Mg+2].[Mg+2].[Mg+2].[Mg+2].[Mg+2].[Mg+2].[Mg+2].[Mg+2].[Mg+2].[Mg+2]. The quantitative estimate of drug-likeness (QED) is 0.452. The van der Waals surface area contributed by atoms with E-state index in [1.165, 1.54) is 0 Å². The predicted molar refractivity (Wildman–Crippen MR) is 79.8 cm³/mol. The smallest absolute Gasteiger partial charge is 1.00 e. The van der Waals surface area contributed by atoms with Crippen LogP contribution in [0.25, 0.3) is 0 Å². The Labute approximate surface area is 275 Å². The molecule has 0 aliphatic heterocycles. The molecule has 11 heteroatoms. The average molecular weight is 371 g/mol. The summed E-state index contributed by atoms with van der Waals surface area (Å²) in [6, 6.07) is 0. The molecule has 11 heavy (non-hydrogen) atoms. The first kappa shape index (κ1) is 93.1. The molecule has 0 aromatic carbocycles. The molecule has 0 aromatic rings. The molecule has 0 atom stereocenters. The second-order valence-corrected chi connectivity index (χ2v) is 0. The van der Waals surface area contributed by atoms with Crippen molar-refractivity contribution in [1.29, 1.82) is 0 Å². The summed E-state index contributed by atoms with van der Waals surface area (Å²) in [5.74, 6) is 0. The van der Waals surface area contributed by atoms with Crippen molar-refractivity contribution in [2.24, 2.45) is 0 Å². The van der Waals surface area contributed by atoms with Crippen LogP contribution in [0, 0.1) is 0 Å². The molecule has 0 saturated heterocycles. The average Bonchev–Trinajstić information content (AvgIpc) is 0. The van der Waals surface area contributed by atoms with E-state index in [2.05, 4.69) is 0 Å². The summed E-state index contributed by atoms with van der Waals surface area (Å²) in [5.41, 5.74) is 0. The third-order valence-corrected chi connectivity index (χ3v) is 0. The first-order valence-electron chi connectivity index (χ1n) is 0. The Balaban J connectivity index is 0. The first-order valence-corrected chi connectivity index (χ1v) is 0. The van der Waals surface area contributed by atoms with E-state index in [1.807, 2.05) is 0 Å². The Morgan fingerprint density at radius 3 is 0.273 bits per heavy atom. The molecule has 51 valence electrons. The van der Waals surface area contributed by atoms with Crippen LogP contribution in [-0.2, 0) is 22.4 Å². The minimum absolute atomic E-state index is 0. The van der Waals surface area contributed by atoms with Crippen LogP contribution >= 0.6 is 0 Å². The largest absolute Gasteiger partial charge is 2.00 e. The van der Waals surface area contributed by atoms with Gasteiger partial charge in [-0.2, -0.15) is 0 Å². The molecule has 0 rings (SSSR count). The van der Waals surface area contributed by atoms with Crippen molar-refractivity contribution in [3.8, 4) is 0 Å². The Morgan fingerprint density at radius 1 is 0.273 bits per heavy atom. The summed E-state index contributed by atoms with van der Waals surface area (Å²) in [4.78, 5) is 0. The van der Waals surface area contributed by atoms with Crippen LogP contribution < -0.4 is 0 Å². The van der Waals surface area contributed by atoms with Gasteiger partial charge < -0.3 is 28.5 Å². The molecule has 0 aliphatic carbocycles. The van der Waals surface area contributed by atoms with Gasteiger partial charge in [0, 0.05) is 22.4 Å². The summed E-state index contributed by atoms with van der Waals surface area (Å²) < 4.78 is 0. The van der Waals surface area contributed by atoms with Crippen molar-refractivity contribution < 1.29 is 50.9 Å². The summed E-state index contributed by atoms with van der Waals surface area (Å²) in [7, 11) is 0. The van der Waals surface area contributed by atoms with Crippen LogP contribution in [0.2, 0.25) is 0 Å². The third kappa shape index (κ3) is 70.1. The van der Waals surface area contributed by atoms with Crippen molar-refractivity contribution in [2.75, 3.05) is 0 Å². The van der Waals surface area contributed by atoms with Crippen molar-refractivity contribution >= 4 is 231 Å². The predicted octanol–water partition coefficient (Wildman–Crippen LogP) is -1.56. The molecule has 0 bridgehead atoms. The van der Waals surface area contributed by atoms with Crippen molar-refractivity contribution in [1.82, 2.24) is 0 Å². The van der Waals surface area contributed by atoms with Gasteiger partial charge in [-0.15, -0.1) is 0 Å². The van der Waals surface area contributed by atoms with E-state index in [9.17, 15) is 0 Å². The summed E-state index contributed by atoms with van der Waals surface area (Å²) >= 11 is 0. The van der Waals surface area contributed by atoms with E-state index in [0.29, 0.717) is 0 Å². The van der Waals surface area contributed by atoms with Gasteiger partial charge in [-0.05, 0) is 0 Å². The van der Waals surface area contributed by atoms with E-state index >= 15 is 0 Å². The van der Waals surface area contributed by atoms with Gasteiger partial charge in [-0.1, -0.05) is 0 Å². The topological polar surface area (TPSA) is 0 Å². The van der Waals surface area contributed by atoms with Crippen LogP contribution in [0.1, 0.15) is 28.5 Å². The van der Waals surface area contributed by atoms with Crippen LogP contribution in [-0.4, -0.2) is 231 Å². The molecule has 0 fully saturated rings. The van der Waals surface area contributed by atoms with Crippen LogP contribution in [0.5, 0.6) is 0 Å². The van der Waals surface area contributed by atoms with Crippen LogP contribution in [0.3, 0.4) is 0 Å². The minimum Gasteiger partial charge on any atom is -1.00 e.